The van der Waals surface area contributed by atoms with Gasteiger partial charge in [-0.15, -0.1) is 10.2 Å². The Morgan fingerprint density at radius 1 is 1.00 bits per heavy atom. The highest BCUT2D eigenvalue weighted by Crippen LogP contribution is 2.40. The van der Waals surface area contributed by atoms with Crippen LogP contribution in [0.15, 0.2) is 23.4 Å². The van der Waals surface area contributed by atoms with Gasteiger partial charge in [-0.25, -0.2) is 0 Å². The summed E-state index contributed by atoms with van der Waals surface area (Å²) in [5.41, 5.74) is 0.848. The van der Waals surface area contributed by atoms with Crippen LogP contribution in [0.3, 0.4) is 0 Å². The summed E-state index contributed by atoms with van der Waals surface area (Å²) in [4.78, 5) is 12.3. The number of ketones is 1. The van der Waals surface area contributed by atoms with E-state index in [1.165, 1.54) is 19.3 Å². The Kier molecular flexibility index (Phi) is 6.10. The predicted molar refractivity (Wildman–Crippen MR) is 111 cm³/mol. The molecule has 1 aromatic heterocycles. The molecule has 1 unspecified atom stereocenters. The number of aromatic nitrogens is 3. The topological polar surface area (TPSA) is 47.8 Å². The molecule has 144 valence electrons. The average molecular weight is 424 g/mol. The first-order valence-electron chi connectivity index (χ1n) is 9.73. The van der Waals surface area contributed by atoms with Crippen molar-refractivity contribution in [3.8, 4) is 11.4 Å². The van der Waals surface area contributed by atoms with E-state index in [9.17, 15) is 4.79 Å². The van der Waals surface area contributed by atoms with Crippen LogP contribution in [-0.4, -0.2) is 25.8 Å². The third kappa shape index (κ3) is 4.20. The van der Waals surface area contributed by atoms with Gasteiger partial charge in [0, 0.05) is 23.0 Å². The Bertz CT molecular complexity index is 833. The van der Waals surface area contributed by atoms with Crippen LogP contribution < -0.4 is 0 Å². The highest BCUT2D eigenvalue weighted by Gasteiger charge is 2.29. The first-order valence-corrected chi connectivity index (χ1v) is 11.4. The normalized spacial score (nSPS) is 21.6. The molecule has 0 saturated heterocycles. The number of thioether (sulfide) groups is 1. The molecule has 0 bridgehead atoms. The van der Waals surface area contributed by atoms with E-state index >= 15 is 0 Å². The van der Waals surface area contributed by atoms with Gasteiger partial charge in [-0.1, -0.05) is 60.6 Å². The highest BCUT2D eigenvalue weighted by molar-refractivity contribution is 8.00. The van der Waals surface area contributed by atoms with Gasteiger partial charge in [0.25, 0.3) is 0 Å². The van der Waals surface area contributed by atoms with Crippen LogP contribution in [0.2, 0.25) is 10.0 Å². The van der Waals surface area contributed by atoms with Gasteiger partial charge in [-0.05, 0) is 43.9 Å². The zero-order chi connectivity index (χ0) is 18.8. The maximum absolute atomic E-state index is 12.3. The van der Waals surface area contributed by atoms with Crippen LogP contribution in [-0.2, 0) is 4.79 Å². The minimum absolute atomic E-state index is 0.00108. The summed E-state index contributed by atoms with van der Waals surface area (Å²) >= 11 is 14.1. The summed E-state index contributed by atoms with van der Waals surface area (Å²) in [7, 11) is 0. The van der Waals surface area contributed by atoms with Gasteiger partial charge in [0.15, 0.2) is 11.0 Å². The molecule has 2 aromatic rings. The van der Waals surface area contributed by atoms with Gasteiger partial charge < -0.3 is 0 Å². The molecular formula is C20H23Cl2N3OS. The monoisotopic (exact) mass is 423 g/mol. The zero-order valence-corrected chi connectivity index (χ0v) is 17.5. The summed E-state index contributed by atoms with van der Waals surface area (Å²) in [5, 5.41) is 11.0. The SMILES string of the molecule is O=C1CCCCC1Sc1nnc(-c2ccc(Cl)cc2Cl)n1C1CCCCC1. The molecule has 0 aliphatic heterocycles. The van der Waals surface area contributed by atoms with E-state index in [0.717, 1.165) is 48.6 Å². The summed E-state index contributed by atoms with van der Waals surface area (Å²) < 4.78 is 2.24. The number of halogens is 2. The molecule has 1 heterocycles. The lowest BCUT2D eigenvalue weighted by atomic mass is 9.95. The van der Waals surface area contributed by atoms with Crippen LogP contribution in [0.25, 0.3) is 11.4 Å². The molecule has 7 heteroatoms. The third-order valence-corrected chi connectivity index (χ3v) is 7.34. The van der Waals surface area contributed by atoms with Crippen molar-refractivity contribution in [3.63, 3.8) is 0 Å². The lowest BCUT2D eigenvalue weighted by Gasteiger charge is -2.27. The van der Waals surface area contributed by atoms with E-state index < -0.39 is 0 Å². The zero-order valence-electron chi connectivity index (χ0n) is 15.2. The van der Waals surface area contributed by atoms with E-state index in [-0.39, 0.29) is 5.25 Å². The lowest BCUT2D eigenvalue weighted by molar-refractivity contribution is -0.119. The molecule has 0 N–H and O–H groups in total. The van der Waals surface area contributed by atoms with Crippen LogP contribution in [0.5, 0.6) is 0 Å². The molecule has 0 spiro atoms. The van der Waals surface area contributed by atoms with Gasteiger partial charge in [0.1, 0.15) is 5.78 Å². The molecule has 1 atom stereocenters. The maximum Gasteiger partial charge on any atom is 0.192 e. The molecule has 1 aromatic carbocycles. The van der Waals surface area contributed by atoms with Gasteiger partial charge in [0.05, 0.1) is 10.3 Å². The highest BCUT2D eigenvalue weighted by atomic mass is 35.5. The molecule has 0 amide bonds. The van der Waals surface area contributed by atoms with Gasteiger partial charge in [-0.2, -0.15) is 0 Å². The molecule has 27 heavy (non-hydrogen) atoms. The quantitative estimate of drug-likeness (QED) is 0.573. The fourth-order valence-electron chi connectivity index (χ4n) is 4.08. The fourth-order valence-corrected chi connectivity index (χ4v) is 5.80. The van der Waals surface area contributed by atoms with Crippen LogP contribution >= 0.6 is 35.0 Å². The first kappa shape index (κ1) is 19.3. The lowest BCUT2D eigenvalue weighted by Crippen LogP contribution is -2.23. The Labute approximate surface area is 174 Å². The number of carbonyl (C=O) groups excluding carboxylic acids is 1. The largest absolute Gasteiger partial charge is 0.299 e. The molecule has 2 aliphatic rings. The second kappa shape index (κ2) is 8.54. The molecule has 2 saturated carbocycles. The number of hydrogen-bond acceptors (Lipinski definition) is 4. The van der Waals surface area contributed by atoms with Gasteiger partial charge >= 0.3 is 0 Å². The Morgan fingerprint density at radius 2 is 1.78 bits per heavy atom. The second-order valence-electron chi connectivity index (χ2n) is 7.41. The van der Waals surface area contributed by atoms with Crippen LogP contribution in [0, 0.1) is 0 Å². The number of rotatable bonds is 4. The van der Waals surface area contributed by atoms with Crippen molar-refractivity contribution in [2.75, 3.05) is 0 Å². The number of benzene rings is 1. The van der Waals surface area contributed by atoms with E-state index in [2.05, 4.69) is 14.8 Å². The number of nitrogens with zero attached hydrogens (tertiary/aromatic N) is 3. The summed E-state index contributed by atoms with van der Waals surface area (Å²) in [5.74, 6) is 1.13. The smallest absolute Gasteiger partial charge is 0.192 e. The number of hydrogen-bond donors (Lipinski definition) is 0. The van der Waals surface area contributed by atoms with Crippen molar-refractivity contribution in [1.82, 2.24) is 14.8 Å². The standard InChI is InChI=1S/C20H23Cl2N3OS/c21-13-10-11-15(16(22)12-13)19-23-24-20(25(19)14-6-2-1-3-7-14)27-18-9-5-4-8-17(18)26/h10-12,14,18H,1-9H2. The first-order chi connectivity index (χ1) is 13.1. The maximum atomic E-state index is 12.3. The Morgan fingerprint density at radius 3 is 2.52 bits per heavy atom. The van der Waals surface area contributed by atoms with Crippen LogP contribution in [0.4, 0.5) is 0 Å². The Balaban J connectivity index is 1.72. The van der Waals surface area contributed by atoms with Crippen molar-refractivity contribution in [2.45, 2.75) is 74.2 Å². The Hall–Kier alpha value is -1.04. The number of Topliss-reactive ketones (excluding diaryl/α,β-unsaturated/α-hetero) is 1. The number of carbonyl (C=O) groups is 1. The summed E-state index contributed by atoms with van der Waals surface area (Å²) in [6.45, 7) is 0. The van der Waals surface area contributed by atoms with Gasteiger partial charge in [-0.3, -0.25) is 9.36 Å². The summed E-state index contributed by atoms with van der Waals surface area (Å²) in [6, 6.07) is 5.85. The third-order valence-electron chi connectivity index (χ3n) is 5.52. The van der Waals surface area contributed by atoms with Gasteiger partial charge in [0.2, 0.25) is 0 Å². The van der Waals surface area contributed by atoms with Crippen molar-refractivity contribution < 1.29 is 4.79 Å². The summed E-state index contributed by atoms with van der Waals surface area (Å²) in [6.07, 6.45) is 9.66. The van der Waals surface area contributed by atoms with Crippen molar-refractivity contribution in [3.05, 3.63) is 28.2 Å². The molecular weight excluding hydrogens is 401 g/mol. The van der Waals surface area contributed by atoms with Crippen molar-refractivity contribution in [2.24, 2.45) is 0 Å². The van der Waals surface area contributed by atoms with E-state index in [1.54, 1.807) is 17.8 Å². The molecule has 4 nitrogen and oxygen atoms in total. The molecule has 0 radical (unpaired) electrons. The molecule has 2 fully saturated rings. The predicted octanol–water partition coefficient (Wildman–Crippen LogP) is 6.36. The minimum atomic E-state index is -0.00108. The van der Waals surface area contributed by atoms with Crippen molar-refractivity contribution >= 4 is 40.7 Å². The van der Waals surface area contributed by atoms with Crippen molar-refractivity contribution in [1.29, 1.82) is 0 Å². The van der Waals surface area contributed by atoms with E-state index in [0.29, 0.717) is 28.3 Å². The van der Waals surface area contributed by atoms with E-state index in [1.807, 2.05) is 12.1 Å². The van der Waals surface area contributed by atoms with E-state index in [4.69, 9.17) is 23.2 Å². The second-order valence-corrected chi connectivity index (χ2v) is 9.42. The molecule has 4 rings (SSSR count). The minimum Gasteiger partial charge on any atom is -0.299 e. The fraction of sp³-hybridized carbons (Fsp3) is 0.550. The van der Waals surface area contributed by atoms with Crippen LogP contribution in [0.1, 0.15) is 63.8 Å². The average Bonchev–Trinajstić information content (AvgIpc) is 3.07. The molecule has 2 aliphatic carbocycles.